The zero-order valence-electron chi connectivity index (χ0n) is 15.5. The zero-order chi connectivity index (χ0) is 18.9. The number of aryl methyl sites for hydroxylation is 1. The number of aromatic nitrogens is 2. The van der Waals surface area contributed by atoms with Crippen molar-refractivity contribution in [3.8, 4) is 22.9 Å². The molecule has 142 valence electrons. The molecule has 0 spiro atoms. The summed E-state index contributed by atoms with van der Waals surface area (Å²) < 4.78 is 18.7. The Bertz CT molecular complexity index is 708. The number of imidazole rings is 1. The SMILES string of the molecule is COc1cc(C)cc(-c2nccn2CC2CCOCC2)c1OC.O=CO. The molecule has 0 bridgehead atoms. The maximum absolute atomic E-state index is 8.36. The summed E-state index contributed by atoms with van der Waals surface area (Å²) in [5.41, 5.74) is 2.10. The minimum atomic E-state index is -0.250. The second kappa shape index (κ2) is 9.82. The van der Waals surface area contributed by atoms with Crippen molar-refractivity contribution in [2.75, 3.05) is 27.4 Å². The molecular weight excluding hydrogens is 336 g/mol. The third kappa shape index (κ3) is 4.76. The van der Waals surface area contributed by atoms with E-state index >= 15 is 0 Å². The van der Waals surface area contributed by atoms with Crippen molar-refractivity contribution in [3.05, 3.63) is 30.1 Å². The fourth-order valence-corrected chi connectivity index (χ4v) is 3.18. The molecule has 1 N–H and O–H groups in total. The van der Waals surface area contributed by atoms with E-state index in [9.17, 15) is 0 Å². The quantitative estimate of drug-likeness (QED) is 0.824. The number of benzene rings is 1. The summed E-state index contributed by atoms with van der Waals surface area (Å²) >= 11 is 0. The van der Waals surface area contributed by atoms with Gasteiger partial charge >= 0.3 is 0 Å². The van der Waals surface area contributed by atoms with Gasteiger partial charge < -0.3 is 23.9 Å². The van der Waals surface area contributed by atoms with Crippen molar-refractivity contribution in [1.82, 2.24) is 9.55 Å². The van der Waals surface area contributed by atoms with Crippen molar-refractivity contribution >= 4 is 6.47 Å². The first kappa shape index (κ1) is 19.8. The lowest BCUT2D eigenvalue weighted by atomic mass is 10.00. The van der Waals surface area contributed by atoms with Crippen LogP contribution in [0.1, 0.15) is 18.4 Å². The molecule has 2 aromatic rings. The number of carbonyl (C=O) groups is 1. The summed E-state index contributed by atoms with van der Waals surface area (Å²) in [7, 11) is 3.33. The number of rotatable bonds is 5. The molecule has 0 aliphatic carbocycles. The first-order valence-electron chi connectivity index (χ1n) is 8.54. The first-order chi connectivity index (χ1) is 12.6. The Kier molecular flexibility index (Phi) is 7.47. The topological polar surface area (TPSA) is 82.8 Å². The first-order valence-corrected chi connectivity index (χ1v) is 8.54. The van der Waals surface area contributed by atoms with Crippen LogP contribution in [0.2, 0.25) is 0 Å². The van der Waals surface area contributed by atoms with Crippen LogP contribution in [-0.4, -0.2) is 48.6 Å². The molecule has 1 aromatic heterocycles. The summed E-state index contributed by atoms with van der Waals surface area (Å²) in [4.78, 5) is 12.9. The van der Waals surface area contributed by atoms with Crippen molar-refractivity contribution in [3.63, 3.8) is 0 Å². The van der Waals surface area contributed by atoms with E-state index in [4.69, 9.17) is 24.1 Å². The number of hydrogen-bond acceptors (Lipinski definition) is 5. The van der Waals surface area contributed by atoms with Gasteiger partial charge in [0.2, 0.25) is 0 Å². The molecule has 7 nitrogen and oxygen atoms in total. The van der Waals surface area contributed by atoms with Gasteiger partial charge in [-0.25, -0.2) is 4.98 Å². The Labute approximate surface area is 153 Å². The molecule has 7 heteroatoms. The molecule has 1 fully saturated rings. The van der Waals surface area contributed by atoms with Crippen LogP contribution in [-0.2, 0) is 16.1 Å². The molecule has 0 saturated carbocycles. The Balaban J connectivity index is 0.000000758. The second-order valence-electron chi connectivity index (χ2n) is 6.11. The average Bonchev–Trinajstić information content (AvgIpc) is 3.10. The van der Waals surface area contributed by atoms with E-state index in [1.165, 1.54) is 0 Å². The summed E-state index contributed by atoms with van der Waals surface area (Å²) in [5, 5.41) is 6.89. The van der Waals surface area contributed by atoms with E-state index in [-0.39, 0.29) is 6.47 Å². The lowest BCUT2D eigenvalue weighted by Gasteiger charge is -2.23. The average molecular weight is 362 g/mol. The van der Waals surface area contributed by atoms with Crippen LogP contribution in [0.25, 0.3) is 11.4 Å². The zero-order valence-corrected chi connectivity index (χ0v) is 15.5. The second-order valence-corrected chi connectivity index (χ2v) is 6.11. The van der Waals surface area contributed by atoms with Gasteiger partial charge in [0.25, 0.3) is 6.47 Å². The number of hydrogen-bond donors (Lipinski definition) is 1. The molecule has 0 amide bonds. The monoisotopic (exact) mass is 362 g/mol. The maximum atomic E-state index is 8.36. The van der Waals surface area contributed by atoms with Gasteiger partial charge in [-0.15, -0.1) is 0 Å². The number of nitrogens with zero attached hydrogens (tertiary/aromatic N) is 2. The van der Waals surface area contributed by atoms with E-state index in [0.717, 1.165) is 61.1 Å². The predicted molar refractivity (Wildman–Crippen MR) is 97.7 cm³/mol. The summed E-state index contributed by atoms with van der Waals surface area (Å²) in [5.74, 6) is 3.03. The molecule has 0 unspecified atom stereocenters. The number of methoxy groups -OCH3 is 2. The lowest BCUT2D eigenvalue weighted by molar-refractivity contribution is -0.122. The molecule has 1 saturated heterocycles. The summed E-state index contributed by atoms with van der Waals surface area (Å²) in [6.45, 7) is 4.47. The van der Waals surface area contributed by atoms with Crippen LogP contribution >= 0.6 is 0 Å². The normalized spacial score (nSPS) is 14.3. The van der Waals surface area contributed by atoms with E-state index < -0.39 is 0 Å². The Morgan fingerprint density at radius 3 is 2.62 bits per heavy atom. The largest absolute Gasteiger partial charge is 0.493 e. The van der Waals surface area contributed by atoms with E-state index in [2.05, 4.69) is 22.5 Å². The van der Waals surface area contributed by atoms with E-state index in [1.54, 1.807) is 14.2 Å². The van der Waals surface area contributed by atoms with Crippen LogP contribution in [0.5, 0.6) is 11.5 Å². The third-order valence-electron chi connectivity index (χ3n) is 4.38. The van der Waals surface area contributed by atoms with Gasteiger partial charge in [-0.05, 0) is 43.4 Å². The van der Waals surface area contributed by atoms with Crippen molar-refractivity contribution in [1.29, 1.82) is 0 Å². The van der Waals surface area contributed by atoms with Gasteiger partial charge in [0.1, 0.15) is 5.82 Å². The Morgan fingerprint density at radius 1 is 1.31 bits per heavy atom. The highest BCUT2D eigenvalue weighted by molar-refractivity contribution is 5.70. The molecule has 2 heterocycles. The number of ether oxygens (including phenoxy) is 3. The minimum Gasteiger partial charge on any atom is -0.493 e. The predicted octanol–water partition coefficient (Wildman–Crippen LogP) is 3.00. The molecule has 1 aliphatic heterocycles. The van der Waals surface area contributed by atoms with Gasteiger partial charge in [0.05, 0.1) is 19.8 Å². The van der Waals surface area contributed by atoms with E-state index in [1.807, 2.05) is 18.5 Å². The van der Waals surface area contributed by atoms with Crippen LogP contribution in [0.3, 0.4) is 0 Å². The molecule has 0 atom stereocenters. The molecule has 1 aliphatic rings. The molecule has 0 radical (unpaired) electrons. The highest BCUT2D eigenvalue weighted by Crippen LogP contribution is 2.38. The van der Waals surface area contributed by atoms with Gasteiger partial charge in [0.15, 0.2) is 11.5 Å². The molecule has 26 heavy (non-hydrogen) atoms. The van der Waals surface area contributed by atoms with Crippen molar-refractivity contribution < 1.29 is 24.1 Å². The fraction of sp³-hybridized carbons (Fsp3) is 0.474. The highest BCUT2D eigenvalue weighted by atomic mass is 16.5. The van der Waals surface area contributed by atoms with Gasteiger partial charge in [-0.1, -0.05) is 0 Å². The highest BCUT2D eigenvalue weighted by Gasteiger charge is 2.20. The standard InChI is InChI=1S/C18H24N2O3.CH2O2/c1-13-10-15(17(22-3)16(11-13)21-2)18-19-6-7-20(18)12-14-4-8-23-9-5-14;2-1-3/h6-7,10-11,14H,4-5,8-9,12H2,1-3H3;1H,(H,2,3). The molecule has 1 aromatic carbocycles. The van der Waals surface area contributed by atoms with Crippen LogP contribution in [0.15, 0.2) is 24.5 Å². The lowest BCUT2D eigenvalue weighted by Crippen LogP contribution is -2.20. The smallest absolute Gasteiger partial charge is 0.290 e. The van der Waals surface area contributed by atoms with Crippen molar-refractivity contribution in [2.24, 2.45) is 5.92 Å². The number of carboxylic acid groups (broad SMARTS) is 1. The van der Waals surface area contributed by atoms with Crippen LogP contribution in [0.4, 0.5) is 0 Å². The van der Waals surface area contributed by atoms with Crippen LogP contribution < -0.4 is 9.47 Å². The van der Waals surface area contributed by atoms with Crippen LogP contribution in [0, 0.1) is 12.8 Å². The minimum absolute atomic E-state index is 0.250. The van der Waals surface area contributed by atoms with E-state index in [0.29, 0.717) is 5.92 Å². The van der Waals surface area contributed by atoms with Crippen molar-refractivity contribution in [2.45, 2.75) is 26.3 Å². The fourth-order valence-electron chi connectivity index (χ4n) is 3.18. The maximum Gasteiger partial charge on any atom is 0.290 e. The van der Waals surface area contributed by atoms with Gasteiger partial charge in [-0.2, -0.15) is 0 Å². The Morgan fingerprint density at radius 2 is 2.00 bits per heavy atom. The van der Waals surface area contributed by atoms with Gasteiger partial charge in [-0.3, -0.25) is 4.79 Å². The summed E-state index contributed by atoms with van der Waals surface area (Å²) in [6, 6.07) is 4.08. The van der Waals surface area contributed by atoms with Gasteiger partial charge in [0, 0.05) is 32.2 Å². The Hall–Kier alpha value is -2.54. The molecule has 3 rings (SSSR count). The third-order valence-corrected chi connectivity index (χ3v) is 4.38. The molecular formula is C19H26N2O5. The summed E-state index contributed by atoms with van der Waals surface area (Å²) in [6.07, 6.45) is 6.10.